The Hall–Kier alpha value is -1.46. The van der Waals surface area contributed by atoms with Crippen LogP contribution in [-0.4, -0.2) is 23.9 Å². The maximum atomic E-state index is 5.25. The molecule has 0 radical (unpaired) electrons. The highest BCUT2D eigenvalue weighted by Crippen LogP contribution is 2.29. The fraction of sp³-hybridized carbons (Fsp3) is 0.467. The summed E-state index contributed by atoms with van der Waals surface area (Å²) < 4.78 is 5.25. The van der Waals surface area contributed by atoms with Crippen molar-refractivity contribution in [3.05, 3.63) is 29.3 Å². The Bertz CT molecular complexity index is 541. The molecule has 0 saturated carbocycles. The molecule has 1 heterocycles. The van der Waals surface area contributed by atoms with Crippen LogP contribution in [0.3, 0.4) is 0 Å². The standard InChI is InChI=1S/C15H21N3OS/c1-4-9-16-13(5-2)15-18-17-14(20-15)11-7-6-8-12(10-11)19-3/h6-8,10,13,16H,4-5,9H2,1-3H3. The van der Waals surface area contributed by atoms with Crippen molar-refractivity contribution in [1.82, 2.24) is 15.5 Å². The molecule has 0 bridgehead atoms. The highest BCUT2D eigenvalue weighted by Gasteiger charge is 2.15. The molecule has 1 aromatic heterocycles. The van der Waals surface area contributed by atoms with Crippen LogP contribution in [0, 0.1) is 0 Å². The van der Waals surface area contributed by atoms with E-state index in [9.17, 15) is 0 Å². The Morgan fingerprint density at radius 1 is 1.30 bits per heavy atom. The normalized spacial score (nSPS) is 12.3. The van der Waals surface area contributed by atoms with E-state index >= 15 is 0 Å². The molecule has 0 fully saturated rings. The van der Waals surface area contributed by atoms with E-state index in [1.165, 1.54) is 0 Å². The van der Waals surface area contributed by atoms with Crippen molar-refractivity contribution in [1.29, 1.82) is 0 Å². The molecule has 20 heavy (non-hydrogen) atoms. The summed E-state index contributed by atoms with van der Waals surface area (Å²) in [5.74, 6) is 0.843. The zero-order valence-corrected chi connectivity index (χ0v) is 13.0. The monoisotopic (exact) mass is 291 g/mol. The highest BCUT2D eigenvalue weighted by atomic mass is 32.1. The van der Waals surface area contributed by atoms with Crippen molar-refractivity contribution in [2.75, 3.05) is 13.7 Å². The number of nitrogens with one attached hydrogen (secondary N) is 1. The Kier molecular flexibility index (Phi) is 5.49. The van der Waals surface area contributed by atoms with Gasteiger partial charge in [0.2, 0.25) is 0 Å². The minimum Gasteiger partial charge on any atom is -0.497 e. The summed E-state index contributed by atoms with van der Waals surface area (Å²) in [6.07, 6.45) is 2.14. The van der Waals surface area contributed by atoms with Gasteiger partial charge in [0.1, 0.15) is 15.8 Å². The summed E-state index contributed by atoms with van der Waals surface area (Å²) in [6.45, 7) is 5.34. The summed E-state index contributed by atoms with van der Waals surface area (Å²) in [4.78, 5) is 0. The molecule has 108 valence electrons. The first-order valence-electron chi connectivity index (χ1n) is 6.99. The van der Waals surface area contributed by atoms with Gasteiger partial charge in [0.15, 0.2) is 0 Å². The average Bonchev–Trinajstić information content (AvgIpc) is 2.98. The summed E-state index contributed by atoms with van der Waals surface area (Å²) in [6, 6.07) is 8.23. The van der Waals surface area contributed by atoms with Gasteiger partial charge in [-0.2, -0.15) is 0 Å². The highest BCUT2D eigenvalue weighted by molar-refractivity contribution is 7.14. The predicted molar refractivity (Wildman–Crippen MR) is 83.2 cm³/mol. The van der Waals surface area contributed by atoms with Gasteiger partial charge >= 0.3 is 0 Å². The van der Waals surface area contributed by atoms with Gasteiger partial charge < -0.3 is 10.1 Å². The van der Waals surface area contributed by atoms with E-state index < -0.39 is 0 Å². The van der Waals surface area contributed by atoms with Crippen LogP contribution in [-0.2, 0) is 0 Å². The number of ether oxygens (including phenoxy) is 1. The Balaban J connectivity index is 2.18. The van der Waals surface area contributed by atoms with Crippen LogP contribution < -0.4 is 10.1 Å². The minimum absolute atomic E-state index is 0.298. The van der Waals surface area contributed by atoms with Gasteiger partial charge in [-0.25, -0.2) is 0 Å². The molecule has 0 aliphatic rings. The minimum atomic E-state index is 0.298. The fourth-order valence-corrected chi connectivity index (χ4v) is 2.97. The largest absolute Gasteiger partial charge is 0.497 e. The average molecular weight is 291 g/mol. The SMILES string of the molecule is CCCNC(CC)c1nnc(-c2cccc(OC)c2)s1. The molecular weight excluding hydrogens is 270 g/mol. The summed E-state index contributed by atoms with van der Waals surface area (Å²) >= 11 is 1.65. The van der Waals surface area contributed by atoms with Crippen LogP contribution in [0.1, 0.15) is 37.7 Å². The summed E-state index contributed by atoms with van der Waals surface area (Å²) in [5.41, 5.74) is 1.05. The first kappa shape index (κ1) is 14.9. The van der Waals surface area contributed by atoms with Gasteiger partial charge in [-0.05, 0) is 31.5 Å². The van der Waals surface area contributed by atoms with Crippen LogP contribution in [0.15, 0.2) is 24.3 Å². The van der Waals surface area contributed by atoms with Gasteiger partial charge in [-0.3, -0.25) is 0 Å². The second-order valence-electron chi connectivity index (χ2n) is 4.59. The van der Waals surface area contributed by atoms with Crippen molar-refractivity contribution in [2.45, 2.75) is 32.7 Å². The lowest BCUT2D eigenvalue weighted by Crippen LogP contribution is -2.21. The third-order valence-corrected chi connectivity index (χ3v) is 4.19. The molecule has 1 unspecified atom stereocenters. The van der Waals surface area contributed by atoms with E-state index in [2.05, 4.69) is 29.4 Å². The Morgan fingerprint density at radius 2 is 2.15 bits per heavy atom. The number of hydrogen-bond donors (Lipinski definition) is 1. The number of rotatable bonds is 7. The number of hydrogen-bond acceptors (Lipinski definition) is 5. The van der Waals surface area contributed by atoms with E-state index in [0.717, 1.165) is 40.7 Å². The molecular formula is C15H21N3OS. The van der Waals surface area contributed by atoms with Crippen molar-refractivity contribution < 1.29 is 4.74 Å². The molecule has 2 aromatic rings. The van der Waals surface area contributed by atoms with Gasteiger partial charge in [0, 0.05) is 5.56 Å². The maximum absolute atomic E-state index is 5.25. The van der Waals surface area contributed by atoms with Crippen LogP contribution >= 0.6 is 11.3 Å². The second kappa shape index (κ2) is 7.36. The van der Waals surface area contributed by atoms with Gasteiger partial charge in [-0.1, -0.05) is 37.3 Å². The van der Waals surface area contributed by atoms with Crippen LogP contribution in [0.2, 0.25) is 0 Å². The van der Waals surface area contributed by atoms with Crippen LogP contribution in [0.5, 0.6) is 5.75 Å². The summed E-state index contributed by atoms with van der Waals surface area (Å²) in [7, 11) is 1.67. The van der Waals surface area contributed by atoms with E-state index in [0.29, 0.717) is 6.04 Å². The molecule has 1 atom stereocenters. The number of aromatic nitrogens is 2. The quantitative estimate of drug-likeness (QED) is 0.845. The molecule has 1 N–H and O–H groups in total. The first-order valence-corrected chi connectivity index (χ1v) is 7.81. The number of methoxy groups -OCH3 is 1. The van der Waals surface area contributed by atoms with Crippen LogP contribution in [0.25, 0.3) is 10.6 Å². The number of benzene rings is 1. The van der Waals surface area contributed by atoms with Gasteiger partial charge in [0.25, 0.3) is 0 Å². The van der Waals surface area contributed by atoms with E-state index in [-0.39, 0.29) is 0 Å². The third-order valence-electron chi connectivity index (χ3n) is 3.10. The predicted octanol–water partition coefficient (Wildman–Crippen LogP) is 3.66. The van der Waals surface area contributed by atoms with E-state index in [1.54, 1.807) is 18.4 Å². The molecule has 0 amide bonds. The second-order valence-corrected chi connectivity index (χ2v) is 5.60. The lowest BCUT2D eigenvalue weighted by atomic mass is 10.2. The lowest BCUT2D eigenvalue weighted by molar-refractivity contribution is 0.415. The van der Waals surface area contributed by atoms with Crippen molar-refractivity contribution in [3.8, 4) is 16.3 Å². The summed E-state index contributed by atoms with van der Waals surface area (Å²) in [5, 5.41) is 14.1. The van der Waals surface area contributed by atoms with Gasteiger partial charge in [0.05, 0.1) is 13.2 Å². The Labute approximate surface area is 124 Å². The lowest BCUT2D eigenvalue weighted by Gasteiger charge is -2.12. The molecule has 0 spiro atoms. The zero-order chi connectivity index (χ0) is 14.4. The third kappa shape index (κ3) is 3.55. The van der Waals surface area contributed by atoms with Crippen LogP contribution in [0.4, 0.5) is 0 Å². The topological polar surface area (TPSA) is 47.0 Å². The Morgan fingerprint density at radius 3 is 2.85 bits per heavy atom. The fourth-order valence-electron chi connectivity index (χ4n) is 1.97. The molecule has 4 nitrogen and oxygen atoms in total. The molecule has 5 heteroatoms. The molecule has 1 aromatic carbocycles. The van der Waals surface area contributed by atoms with E-state index in [4.69, 9.17) is 4.74 Å². The van der Waals surface area contributed by atoms with Gasteiger partial charge in [-0.15, -0.1) is 10.2 Å². The molecule has 0 saturated heterocycles. The van der Waals surface area contributed by atoms with E-state index in [1.807, 2.05) is 24.3 Å². The molecule has 2 rings (SSSR count). The molecule has 0 aliphatic carbocycles. The molecule has 0 aliphatic heterocycles. The zero-order valence-electron chi connectivity index (χ0n) is 12.2. The maximum Gasteiger partial charge on any atom is 0.147 e. The van der Waals surface area contributed by atoms with Crippen molar-refractivity contribution in [3.63, 3.8) is 0 Å². The van der Waals surface area contributed by atoms with Crippen molar-refractivity contribution in [2.24, 2.45) is 0 Å². The number of nitrogens with zero attached hydrogens (tertiary/aromatic N) is 2. The van der Waals surface area contributed by atoms with Crippen molar-refractivity contribution >= 4 is 11.3 Å². The first-order chi connectivity index (χ1) is 9.78. The smallest absolute Gasteiger partial charge is 0.147 e.